The zero-order valence-corrected chi connectivity index (χ0v) is 14.5. The lowest BCUT2D eigenvalue weighted by Gasteiger charge is -2.01. The van der Waals surface area contributed by atoms with Gasteiger partial charge in [-0.1, -0.05) is 78.1 Å². The molecule has 126 valence electrons. The molecule has 0 rings (SSSR count). The van der Waals surface area contributed by atoms with E-state index in [2.05, 4.69) is 6.92 Å². The first-order chi connectivity index (χ1) is 10.0. The summed E-state index contributed by atoms with van der Waals surface area (Å²) in [6.45, 7) is 5.68. The Balaban J connectivity index is 0. The number of carbonyl (C=O) groups is 2. The fourth-order valence-electron chi connectivity index (χ4n) is 1.94. The van der Waals surface area contributed by atoms with Gasteiger partial charge in [-0.3, -0.25) is 4.79 Å². The van der Waals surface area contributed by atoms with Crippen LogP contribution in [0.25, 0.3) is 0 Å². The second-order valence-corrected chi connectivity index (χ2v) is 5.73. The number of hydrogen-bond donors (Lipinski definition) is 1. The van der Waals surface area contributed by atoms with Gasteiger partial charge in [-0.05, 0) is 13.3 Å². The molecule has 0 aliphatic heterocycles. The van der Waals surface area contributed by atoms with E-state index in [0.29, 0.717) is 12.8 Å². The summed E-state index contributed by atoms with van der Waals surface area (Å²) in [5, 5.41) is 8.46. The van der Waals surface area contributed by atoms with Crippen molar-refractivity contribution < 1.29 is 14.7 Å². The van der Waals surface area contributed by atoms with E-state index in [1.54, 1.807) is 6.92 Å². The van der Waals surface area contributed by atoms with Gasteiger partial charge in [0.1, 0.15) is 5.78 Å². The van der Waals surface area contributed by atoms with Crippen LogP contribution in [-0.2, 0) is 9.59 Å². The quantitative estimate of drug-likeness (QED) is 0.440. The van der Waals surface area contributed by atoms with Gasteiger partial charge in [-0.15, -0.1) is 0 Å². The Morgan fingerprint density at radius 2 is 1.05 bits per heavy atom. The van der Waals surface area contributed by atoms with Crippen LogP contribution in [-0.4, -0.2) is 16.9 Å². The maximum Gasteiger partial charge on any atom is 0.303 e. The molecule has 0 fully saturated rings. The summed E-state index contributed by atoms with van der Waals surface area (Å²) >= 11 is 0. The third-order valence-electron chi connectivity index (χ3n) is 3.49. The first kappa shape index (κ1) is 22.4. The lowest BCUT2D eigenvalue weighted by atomic mass is 10.1. The lowest BCUT2D eigenvalue weighted by molar-refractivity contribution is -0.137. The normalized spacial score (nSPS) is 9.86. The third kappa shape index (κ3) is 28.1. The smallest absolute Gasteiger partial charge is 0.303 e. The largest absolute Gasteiger partial charge is 0.481 e. The number of Topliss-reactive ketones (excluding diaryl/α,β-unsaturated/α-hetero) is 1. The molecule has 0 bridgehead atoms. The van der Waals surface area contributed by atoms with Gasteiger partial charge >= 0.3 is 5.97 Å². The SMILES string of the molecule is CCC(C)=O.CCCCCCCCCCCCCC(=O)O. The zero-order chi connectivity index (χ0) is 16.3. The van der Waals surface area contributed by atoms with Crippen LogP contribution in [0.3, 0.4) is 0 Å². The molecular formula is C18H36O3. The predicted octanol–water partition coefficient (Wildman–Crippen LogP) is 5.76. The number of carbonyl (C=O) groups excluding carboxylic acids is 1. The van der Waals surface area contributed by atoms with Crippen molar-refractivity contribution in [2.45, 2.75) is 104 Å². The Kier molecular flexibility index (Phi) is 20.4. The van der Waals surface area contributed by atoms with Crippen molar-refractivity contribution in [2.24, 2.45) is 0 Å². The average Bonchev–Trinajstić information content (AvgIpc) is 2.45. The molecule has 0 saturated carbocycles. The Labute approximate surface area is 131 Å². The molecule has 3 heteroatoms. The van der Waals surface area contributed by atoms with Crippen LogP contribution in [0.4, 0.5) is 0 Å². The van der Waals surface area contributed by atoms with Crippen molar-refractivity contribution >= 4 is 11.8 Å². The summed E-state index contributed by atoms with van der Waals surface area (Å²) in [4.78, 5) is 20.1. The monoisotopic (exact) mass is 300 g/mol. The second kappa shape index (κ2) is 19.1. The zero-order valence-electron chi connectivity index (χ0n) is 14.5. The maximum atomic E-state index is 10.3. The first-order valence-electron chi connectivity index (χ1n) is 8.75. The molecular weight excluding hydrogens is 264 g/mol. The highest BCUT2D eigenvalue weighted by atomic mass is 16.4. The van der Waals surface area contributed by atoms with Crippen LogP contribution in [0.1, 0.15) is 104 Å². The van der Waals surface area contributed by atoms with Crippen LogP contribution in [0.15, 0.2) is 0 Å². The predicted molar refractivity (Wildman–Crippen MR) is 89.7 cm³/mol. The van der Waals surface area contributed by atoms with Gasteiger partial charge in [0.15, 0.2) is 0 Å². The molecule has 0 unspecified atom stereocenters. The van der Waals surface area contributed by atoms with Gasteiger partial charge in [-0.25, -0.2) is 0 Å². The minimum Gasteiger partial charge on any atom is -0.481 e. The number of rotatable bonds is 13. The number of carboxylic acids is 1. The van der Waals surface area contributed by atoms with Gasteiger partial charge in [0.25, 0.3) is 0 Å². The topological polar surface area (TPSA) is 54.4 Å². The van der Waals surface area contributed by atoms with E-state index < -0.39 is 5.97 Å². The molecule has 0 radical (unpaired) electrons. The van der Waals surface area contributed by atoms with E-state index in [4.69, 9.17) is 5.11 Å². The van der Waals surface area contributed by atoms with Gasteiger partial charge in [-0.2, -0.15) is 0 Å². The number of hydrogen-bond acceptors (Lipinski definition) is 2. The summed E-state index contributed by atoms with van der Waals surface area (Å²) in [6, 6.07) is 0. The van der Waals surface area contributed by atoms with Crippen molar-refractivity contribution in [3.05, 3.63) is 0 Å². The van der Waals surface area contributed by atoms with Crippen molar-refractivity contribution in [1.29, 1.82) is 0 Å². The van der Waals surface area contributed by atoms with Crippen molar-refractivity contribution in [1.82, 2.24) is 0 Å². The average molecular weight is 300 g/mol. The van der Waals surface area contributed by atoms with Gasteiger partial charge < -0.3 is 9.90 Å². The highest BCUT2D eigenvalue weighted by molar-refractivity contribution is 5.74. The van der Waals surface area contributed by atoms with E-state index in [9.17, 15) is 9.59 Å². The highest BCUT2D eigenvalue weighted by Gasteiger charge is 1.96. The van der Waals surface area contributed by atoms with Gasteiger partial charge in [0.2, 0.25) is 0 Å². The minimum absolute atomic E-state index is 0.255. The summed E-state index contributed by atoms with van der Waals surface area (Å²) < 4.78 is 0. The second-order valence-electron chi connectivity index (χ2n) is 5.73. The summed E-state index contributed by atoms with van der Waals surface area (Å²) in [5.41, 5.74) is 0. The molecule has 0 aromatic rings. The molecule has 3 nitrogen and oxygen atoms in total. The van der Waals surface area contributed by atoms with Crippen LogP contribution >= 0.6 is 0 Å². The molecule has 0 spiro atoms. The lowest BCUT2D eigenvalue weighted by Crippen LogP contribution is -1.93. The number of unbranched alkanes of at least 4 members (excludes halogenated alkanes) is 10. The molecule has 0 atom stereocenters. The molecule has 0 amide bonds. The highest BCUT2D eigenvalue weighted by Crippen LogP contribution is 2.11. The molecule has 21 heavy (non-hydrogen) atoms. The molecule has 0 saturated heterocycles. The standard InChI is InChI=1S/C14H28O2.C4H8O/c1-2-3-4-5-6-7-8-9-10-11-12-13-14(15)16;1-3-4(2)5/h2-13H2,1H3,(H,15,16);3H2,1-2H3. The first-order valence-corrected chi connectivity index (χ1v) is 8.75. The number of aliphatic carboxylic acids is 1. The van der Waals surface area contributed by atoms with Gasteiger partial charge in [0, 0.05) is 12.8 Å². The fourth-order valence-corrected chi connectivity index (χ4v) is 1.94. The third-order valence-corrected chi connectivity index (χ3v) is 3.49. The van der Waals surface area contributed by atoms with Crippen LogP contribution < -0.4 is 0 Å². The van der Waals surface area contributed by atoms with Gasteiger partial charge in [0.05, 0.1) is 0 Å². The molecule has 0 aliphatic carbocycles. The number of carboxylic acid groups (broad SMARTS) is 1. The van der Waals surface area contributed by atoms with E-state index in [1.807, 2.05) is 6.92 Å². The molecule has 0 aromatic heterocycles. The Morgan fingerprint density at radius 1 is 0.714 bits per heavy atom. The molecule has 0 heterocycles. The maximum absolute atomic E-state index is 10.3. The van der Waals surface area contributed by atoms with Crippen molar-refractivity contribution in [3.63, 3.8) is 0 Å². The van der Waals surface area contributed by atoms with Crippen molar-refractivity contribution in [2.75, 3.05) is 0 Å². The summed E-state index contributed by atoms with van der Waals surface area (Å²) in [5.74, 6) is -0.402. The minimum atomic E-state index is -0.657. The molecule has 0 aromatic carbocycles. The van der Waals surface area contributed by atoms with Crippen LogP contribution in [0.5, 0.6) is 0 Å². The van der Waals surface area contributed by atoms with Crippen molar-refractivity contribution in [3.8, 4) is 0 Å². The Hall–Kier alpha value is -0.860. The van der Waals surface area contributed by atoms with E-state index in [0.717, 1.165) is 12.8 Å². The van der Waals surface area contributed by atoms with Crippen LogP contribution in [0, 0.1) is 0 Å². The van der Waals surface area contributed by atoms with E-state index in [-0.39, 0.29) is 5.78 Å². The Bertz CT molecular complexity index is 237. The molecule has 1 N–H and O–H groups in total. The number of ketones is 1. The van der Waals surface area contributed by atoms with E-state index >= 15 is 0 Å². The summed E-state index contributed by atoms with van der Waals surface area (Å²) in [6.07, 6.45) is 15.0. The van der Waals surface area contributed by atoms with Crippen LogP contribution in [0.2, 0.25) is 0 Å². The molecule has 0 aliphatic rings. The van der Waals surface area contributed by atoms with E-state index in [1.165, 1.54) is 57.8 Å². The Morgan fingerprint density at radius 3 is 1.33 bits per heavy atom. The fraction of sp³-hybridized carbons (Fsp3) is 0.889. The summed E-state index contributed by atoms with van der Waals surface area (Å²) in [7, 11) is 0.